The van der Waals surface area contributed by atoms with E-state index in [-0.39, 0.29) is 17.3 Å². The molecule has 0 atom stereocenters. The zero-order valence-corrected chi connectivity index (χ0v) is 10.1. The van der Waals surface area contributed by atoms with Gasteiger partial charge in [0, 0.05) is 11.8 Å². The van der Waals surface area contributed by atoms with E-state index < -0.39 is 0 Å². The number of carbonyl (C=O) groups excluding carboxylic acids is 1. The summed E-state index contributed by atoms with van der Waals surface area (Å²) in [7, 11) is 0. The molecule has 0 saturated heterocycles. The zero-order valence-electron chi connectivity index (χ0n) is 10.1. The third-order valence-electron chi connectivity index (χ3n) is 2.70. The number of aryl methyl sites for hydroxylation is 2. The Hall–Kier alpha value is -2.36. The molecule has 3 heterocycles. The SMILES string of the molecule is Cc1ccc2oc(C(=O)c3ccc(C)o3)cc2n1. The summed E-state index contributed by atoms with van der Waals surface area (Å²) in [4.78, 5) is 16.4. The van der Waals surface area contributed by atoms with E-state index in [1.807, 2.05) is 19.1 Å². The Balaban J connectivity index is 2.06. The molecule has 4 heteroatoms. The number of nitrogens with zero attached hydrogens (tertiary/aromatic N) is 1. The Labute approximate surface area is 103 Å². The van der Waals surface area contributed by atoms with Crippen molar-refractivity contribution in [2.45, 2.75) is 13.8 Å². The van der Waals surface area contributed by atoms with Crippen LogP contribution in [0.4, 0.5) is 0 Å². The van der Waals surface area contributed by atoms with Crippen molar-refractivity contribution in [1.29, 1.82) is 0 Å². The van der Waals surface area contributed by atoms with E-state index in [4.69, 9.17) is 8.83 Å². The van der Waals surface area contributed by atoms with E-state index in [0.29, 0.717) is 16.9 Å². The molecule has 3 aromatic heterocycles. The van der Waals surface area contributed by atoms with Gasteiger partial charge >= 0.3 is 0 Å². The second-order valence-corrected chi connectivity index (χ2v) is 4.19. The highest BCUT2D eigenvalue weighted by Crippen LogP contribution is 2.21. The molecule has 0 amide bonds. The van der Waals surface area contributed by atoms with Crippen LogP contribution in [-0.2, 0) is 0 Å². The minimum absolute atomic E-state index is 0.248. The molecule has 90 valence electrons. The second-order valence-electron chi connectivity index (χ2n) is 4.19. The van der Waals surface area contributed by atoms with Crippen LogP contribution < -0.4 is 0 Å². The Morgan fingerprint density at radius 3 is 2.61 bits per heavy atom. The predicted octanol–water partition coefficient (Wildman–Crippen LogP) is 3.27. The maximum atomic E-state index is 12.1. The number of aromatic nitrogens is 1. The van der Waals surface area contributed by atoms with Crippen LogP contribution in [0.5, 0.6) is 0 Å². The minimum Gasteiger partial charge on any atom is -0.458 e. The molecule has 0 N–H and O–H groups in total. The molecular formula is C14H11NO3. The largest absolute Gasteiger partial charge is 0.458 e. The second kappa shape index (κ2) is 3.84. The molecule has 0 aliphatic heterocycles. The fourth-order valence-corrected chi connectivity index (χ4v) is 1.82. The highest BCUT2D eigenvalue weighted by molar-refractivity contribution is 6.06. The van der Waals surface area contributed by atoms with Gasteiger partial charge in [-0.2, -0.15) is 0 Å². The van der Waals surface area contributed by atoms with Crippen molar-refractivity contribution in [2.75, 3.05) is 0 Å². The van der Waals surface area contributed by atoms with Crippen LogP contribution in [0, 0.1) is 13.8 Å². The van der Waals surface area contributed by atoms with Gasteiger partial charge in [0.15, 0.2) is 17.1 Å². The molecule has 4 nitrogen and oxygen atoms in total. The number of furan rings is 2. The monoisotopic (exact) mass is 241 g/mol. The lowest BCUT2D eigenvalue weighted by Crippen LogP contribution is -1.96. The summed E-state index contributed by atoms with van der Waals surface area (Å²) in [6, 6.07) is 8.68. The van der Waals surface area contributed by atoms with Gasteiger partial charge in [-0.15, -0.1) is 0 Å². The quantitative estimate of drug-likeness (QED) is 0.646. The Morgan fingerprint density at radius 1 is 1.06 bits per heavy atom. The summed E-state index contributed by atoms with van der Waals surface area (Å²) in [5.41, 5.74) is 2.17. The number of fused-ring (bicyclic) bond motifs is 1. The van der Waals surface area contributed by atoms with E-state index in [0.717, 1.165) is 5.69 Å². The standard InChI is InChI=1S/C14H11NO3/c1-8-3-5-11-10(15-8)7-13(18-11)14(16)12-6-4-9(2)17-12/h3-7H,1-2H3. The molecule has 18 heavy (non-hydrogen) atoms. The van der Waals surface area contributed by atoms with Crippen LogP contribution in [0.2, 0.25) is 0 Å². The van der Waals surface area contributed by atoms with E-state index in [1.165, 1.54) is 0 Å². The molecule has 0 radical (unpaired) electrons. The van der Waals surface area contributed by atoms with Crippen molar-refractivity contribution >= 4 is 16.9 Å². The Morgan fingerprint density at radius 2 is 1.89 bits per heavy atom. The van der Waals surface area contributed by atoms with Crippen molar-refractivity contribution < 1.29 is 13.6 Å². The first-order valence-corrected chi connectivity index (χ1v) is 5.62. The van der Waals surface area contributed by atoms with Crippen molar-refractivity contribution in [2.24, 2.45) is 0 Å². The number of carbonyl (C=O) groups is 1. The smallest absolute Gasteiger partial charge is 0.263 e. The highest BCUT2D eigenvalue weighted by Gasteiger charge is 2.18. The molecule has 0 fully saturated rings. The molecule has 0 aromatic carbocycles. The lowest BCUT2D eigenvalue weighted by atomic mass is 10.2. The summed E-state index contributed by atoms with van der Waals surface area (Å²) in [5.74, 6) is 0.961. The Bertz CT molecular complexity index is 736. The van der Waals surface area contributed by atoms with Crippen LogP contribution >= 0.6 is 0 Å². The minimum atomic E-state index is -0.265. The van der Waals surface area contributed by atoms with Crippen LogP contribution in [0.3, 0.4) is 0 Å². The molecule has 0 aliphatic rings. The van der Waals surface area contributed by atoms with Gasteiger partial charge in [-0.3, -0.25) is 4.79 Å². The van der Waals surface area contributed by atoms with Crippen LogP contribution in [0.15, 0.2) is 39.2 Å². The van der Waals surface area contributed by atoms with Gasteiger partial charge in [0.1, 0.15) is 11.3 Å². The van der Waals surface area contributed by atoms with Gasteiger partial charge in [-0.1, -0.05) is 0 Å². The number of ketones is 1. The van der Waals surface area contributed by atoms with Crippen molar-refractivity contribution in [3.05, 3.63) is 53.3 Å². The summed E-state index contributed by atoms with van der Waals surface area (Å²) < 4.78 is 10.8. The first kappa shape index (κ1) is 10.8. The normalized spacial score (nSPS) is 11.0. The van der Waals surface area contributed by atoms with E-state index >= 15 is 0 Å². The molecular weight excluding hydrogens is 230 g/mol. The fraction of sp³-hybridized carbons (Fsp3) is 0.143. The predicted molar refractivity (Wildman–Crippen MR) is 65.6 cm³/mol. The third kappa shape index (κ3) is 1.72. The first-order valence-electron chi connectivity index (χ1n) is 5.62. The van der Waals surface area contributed by atoms with E-state index in [2.05, 4.69) is 4.98 Å². The van der Waals surface area contributed by atoms with Gasteiger partial charge in [0.05, 0.1) is 0 Å². The number of hydrogen-bond donors (Lipinski definition) is 0. The van der Waals surface area contributed by atoms with Crippen LogP contribution in [0.1, 0.15) is 27.8 Å². The summed E-state index contributed by atoms with van der Waals surface area (Å²) in [6.07, 6.45) is 0. The first-order chi connectivity index (χ1) is 8.63. The van der Waals surface area contributed by atoms with Crippen LogP contribution in [0.25, 0.3) is 11.1 Å². The molecule has 0 aliphatic carbocycles. The maximum Gasteiger partial charge on any atom is 0.263 e. The molecule has 0 saturated carbocycles. The lowest BCUT2D eigenvalue weighted by Gasteiger charge is -1.91. The number of rotatable bonds is 2. The van der Waals surface area contributed by atoms with Crippen molar-refractivity contribution in [3.8, 4) is 0 Å². The summed E-state index contributed by atoms with van der Waals surface area (Å²) in [5, 5.41) is 0. The van der Waals surface area contributed by atoms with Gasteiger partial charge in [0.2, 0.25) is 0 Å². The molecule has 3 rings (SSSR count). The van der Waals surface area contributed by atoms with Crippen molar-refractivity contribution in [3.63, 3.8) is 0 Å². The average molecular weight is 241 g/mol. The number of pyridine rings is 1. The van der Waals surface area contributed by atoms with Gasteiger partial charge < -0.3 is 8.83 Å². The lowest BCUT2D eigenvalue weighted by molar-refractivity contribution is 0.0984. The maximum absolute atomic E-state index is 12.1. The Kier molecular flexibility index (Phi) is 2.30. The topological polar surface area (TPSA) is 56.2 Å². The molecule has 0 bridgehead atoms. The van der Waals surface area contributed by atoms with Crippen LogP contribution in [-0.4, -0.2) is 10.8 Å². The average Bonchev–Trinajstić information content (AvgIpc) is 2.93. The number of hydrogen-bond acceptors (Lipinski definition) is 4. The summed E-state index contributed by atoms with van der Waals surface area (Å²) >= 11 is 0. The molecule has 0 spiro atoms. The van der Waals surface area contributed by atoms with Gasteiger partial charge in [-0.05, 0) is 38.1 Å². The highest BCUT2D eigenvalue weighted by atomic mass is 16.4. The molecule has 3 aromatic rings. The fourth-order valence-electron chi connectivity index (χ4n) is 1.82. The summed E-state index contributed by atoms with van der Waals surface area (Å²) in [6.45, 7) is 3.68. The van der Waals surface area contributed by atoms with Gasteiger partial charge in [-0.25, -0.2) is 4.98 Å². The van der Waals surface area contributed by atoms with E-state index in [9.17, 15) is 4.79 Å². The molecule has 0 unspecified atom stereocenters. The zero-order chi connectivity index (χ0) is 12.7. The van der Waals surface area contributed by atoms with Gasteiger partial charge in [0.25, 0.3) is 5.78 Å². The van der Waals surface area contributed by atoms with Crippen molar-refractivity contribution in [1.82, 2.24) is 4.98 Å². The third-order valence-corrected chi connectivity index (χ3v) is 2.70. The van der Waals surface area contributed by atoms with E-state index in [1.54, 1.807) is 25.1 Å².